The number of likely N-dealkylation sites (N-methyl/N-ethyl adjacent to an activating group) is 1. The molecule has 0 amide bonds. The van der Waals surface area contributed by atoms with Crippen molar-refractivity contribution >= 4 is 0 Å². The predicted octanol–water partition coefficient (Wildman–Crippen LogP) is 0.903. The zero-order valence-electron chi connectivity index (χ0n) is 9.90. The molecule has 2 heterocycles. The summed E-state index contributed by atoms with van der Waals surface area (Å²) >= 11 is 0. The van der Waals surface area contributed by atoms with Gasteiger partial charge in [0, 0.05) is 12.1 Å². The molecule has 17 heavy (non-hydrogen) atoms. The molecule has 1 aromatic rings. The Morgan fingerprint density at radius 1 is 1.41 bits per heavy atom. The lowest BCUT2D eigenvalue weighted by Crippen LogP contribution is -2.32. The highest BCUT2D eigenvalue weighted by Gasteiger charge is 2.33. The van der Waals surface area contributed by atoms with Gasteiger partial charge in [0.2, 0.25) is 12.5 Å². The molecule has 1 unspecified atom stereocenters. The monoisotopic (exact) mass is 237 g/mol. The average molecular weight is 237 g/mol. The van der Waals surface area contributed by atoms with Crippen LogP contribution in [0, 0.1) is 0 Å². The van der Waals surface area contributed by atoms with Crippen LogP contribution in [0.3, 0.4) is 0 Å². The smallest absolute Gasteiger partial charge is 0.231 e. The molecule has 0 spiro atoms. The van der Waals surface area contributed by atoms with Crippen molar-refractivity contribution in [3.05, 3.63) is 17.2 Å². The van der Waals surface area contributed by atoms with Crippen LogP contribution in [0.2, 0.25) is 0 Å². The molecular weight excluding hydrogens is 222 g/mol. The summed E-state index contributed by atoms with van der Waals surface area (Å²) in [5, 5.41) is 10.2. The van der Waals surface area contributed by atoms with E-state index in [9.17, 15) is 5.11 Å². The standard InChI is InChI=1S/C12H15NO4/c1-13-4-3-7-5-8(15-2)10-11(17-6-16-10)9(7)12(13)14/h5,12,14H,3-4,6H2,1-2H3. The third-order valence-corrected chi connectivity index (χ3v) is 3.36. The largest absolute Gasteiger partial charge is 0.493 e. The Bertz CT molecular complexity index is 460. The highest BCUT2D eigenvalue weighted by atomic mass is 16.7. The molecule has 0 aliphatic carbocycles. The second-order valence-corrected chi connectivity index (χ2v) is 4.32. The third kappa shape index (κ3) is 1.46. The lowest BCUT2D eigenvalue weighted by molar-refractivity contribution is 0.0105. The van der Waals surface area contributed by atoms with Crippen molar-refractivity contribution in [2.45, 2.75) is 12.6 Å². The van der Waals surface area contributed by atoms with Gasteiger partial charge in [-0.2, -0.15) is 0 Å². The van der Waals surface area contributed by atoms with Gasteiger partial charge < -0.3 is 19.3 Å². The van der Waals surface area contributed by atoms with Gasteiger partial charge in [0.15, 0.2) is 11.5 Å². The van der Waals surface area contributed by atoms with Gasteiger partial charge in [-0.25, -0.2) is 0 Å². The molecule has 1 N–H and O–H groups in total. The Kier molecular flexibility index (Phi) is 2.38. The fourth-order valence-electron chi connectivity index (χ4n) is 2.39. The number of ether oxygens (including phenoxy) is 3. The highest BCUT2D eigenvalue weighted by Crippen LogP contribution is 2.48. The van der Waals surface area contributed by atoms with Crippen LogP contribution in [-0.2, 0) is 6.42 Å². The maximum absolute atomic E-state index is 10.2. The molecule has 2 aliphatic heterocycles. The molecule has 0 radical (unpaired) electrons. The Morgan fingerprint density at radius 2 is 2.18 bits per heavy atom. The van der Waals surface area contributed by atoms with Crippen molar-refractivity contribution in [1.82, 2.24) is 4.90 Å². The van der Waals surface area contributed by atoms with Gasteiger partial charge in [0.25, 0.3) is 0 Å². The first-order chi connectivity index (χ1) is 8.22. The summed E-state index contributed by atoms with van der Waals surface area (Å²) in [6.45, 7) is 0.996. The molecule has 5 heteroatoms. The van der Waals surface area contributed by atoms with Gasteiger partial charge in [-0.15, -0.1) is 0 Å². The van der Waals surface area contributed by atoms with E-state index in [-0.39, 0.29) is 6.79 Å². The SMILES string of the molecule is COc1cc2c(c3c1OCO3)C(O)N(C)CC2. The van der Waals surface area contributed by atoms with Crippen molar-refractivity contribution in [3.8, 4) is 17.2 Å². The van der Waals surface area contributed by atoms with Crippen molar-refractivity contribution < 1.29 is 19.3 Å². The van der Waals surface area contributed by atoms with E-state index in [0.29, 0.717) is 17.2 Å². The van der Waals surface area contributed by atoms with Crippen LogP contribution in [0.5, 0.6) is 17.2 Å². The van der Waals surface area contributed by atoms with E-state index in [1.807, 2.05) is 18.0 Å². The second-order valence-electron chi connectivity index (χ2n) is 4.32. The molecule has 0 fully saturated rings. The van der Waals surface area contributed by atoms with Crippen LogP contribution < -0.4 is 14.2 Å². The Morgan fingerprint density at radius 3 is 2.94 bits per heavy atom. The molecule has 0 saturated carbocycles. The molecule has 0 bridgehead atoms. The van der Waals surface area contributed by atoms with E-state index in [4.69, 9.17) is 14.2 Å². The molecule has 1 aromatic carbocycles. The van der Waals surface area contributed by atoms with E-state index >= 15 is 0 Å². The first kappa shape index (κ1) is 10.7. The summed E-state index contributed by atoms with van der Waals surface area (Å²) in [6.07, 6.45) is 0.232. The van der Waals surface area contributed by atoms with Gasteiger partial charge in [0.05, 0.1) is 7.11 Å². The third-order valence-electron chi connectivity index (χ3n) is 3.36. The van der Waals surface area contributed by atoms with Crippen LogP contribution >= 0.6 is 0 Å². The topological polar surface area (TPSA) is 51.2 Å². The Hall–Kier alpha value is -1.46. The van der Waals surface area contributed by atoms with E-state index in [2.05, 4.69) is 0 Å². The molecule has 1 atom stereocenters. The van der Waals surface area contributed by atoms with Crippen molar-refractivity contribution in [2.24, 2.45) is 0 Å². The minimum atomic E-state index is -0.639. The van der Waals surface area contributed by atoms with Crippen LogP contribution in [0.15, 0.2) is 6.07 Å². The van der Waals surface area contributed by atoms with Crippen molar-refractivity contribution in [3.63, 3.8) is 0 Å². The summed E-state index contributed by atoms with van der Waals surface area (Å²) in [5.74, 6) is 1.90. The number of aliphatic hydroxyl groups excluding tert-OH is 1. The Labute approximate surface area is 99.5 Å². The molecule has 0 aromatic heterocycles. The van der Waals surface area contributed by atoms with E-state index in [1.54, 1.807) is 7.11 Å². The number of hydrogen-bond acceptors (Lipinski definition) is 5. The fourth-order valence-corrected chi connectivity index (χ4v) is 2.39. The molecule has 5 nitrogen and oxygen atoms in total. The number of nitrogens with zero attached hydrogens (tertiary/aromatic N) is 1. The number of benzene rings is 1. The maximum Gasteiger partial charge on any atom is 0.231 e. The van der Waals surface area contributed by atoms with Gasteiger partial charge >= 0.3 is 0 Å². The summed E-state index contributed by atoms with van der Waals surface area (Å²) in [4.78, 5) is 1.89. The van der Waals surface area contributed by atoms with Crippen LogP contribution in [0.4, 0.5) is 0 Å². The zero-order valence-corrected chi connectivity index (χ0v) is 9.90. The molecule has 0 saturated heterocycles. The van der Waals surface area contributed by atoms with E-state index in [1.165, 1.54) is 0 Å². The maximum atomic E-state index is 10.2. The first-order valence-electron chi connectivity index (χ1n) is 5.60. The molecule has 92 valence electrons. The van der Waals surface area contributed by atoms with Crippen LogP contribution in [-0.4, -0.2) is 37.5 Å². The predicted molar refractivity (Wildman–Crippen MR) is 60.4 cm³/mol. The molecule has 3 rings (SSSR count). The number of fused-ring (bicyclic) bond motifs is 3. The summed E-state index contributed by atoms with van der Waals surface area (Å²) in [5.41, 5.74) is 1.88. The van der Waals surface area contributed by atoms with E-state index in [0.717, 1.165) is 24.1 Å². The number of aliphatic hydroxyl groups is 1. The summed E-state index contributed by atoms with van der Waals surface area (Å²) in [6, 6.07) is 1.93. The number of hydrogen-bond donors (Lipinski definition) is 1. The van der Waals surface area contributed by atoms with Crippen molar-refractivity contribution in [1.29, 1.82) is 0 Å². The van der Waals surface area contributed by atoms with Gasteiger partial charge in [0.1, 0.15) is 6.23 Å². The van der Waals surface area contributed by atoms with E-state index < -0.39 is 6.23 Å². The van der Waals surface area contributed by atoms with Gasteiger partial charge in [-0.05, 0) is 25.1 Å². The lowest BCUT2D eigenvalue weighted by atomic mass is 9.96. The van der Waals surface area contributed by atoms with Crippen molar-refractivity contribution in [2.75, 3.05) is 27.5 Å². The minimum Gasteiger partial charge on any atom is -0.493 e. The quantitative estimate of drug-likeness (QED) is 0.786. The second kappa shape index (κ2) is 3.78. The fraction of sp³-hybridized carbons (Fsp3) is 0.500. The summed E-state index contributed by atoms with van der Waals surface area (Å²) < 4.78 is 16.1. The Balaban J connectivity index is 2.19. The van der Waals surface area contributed by atoms with Crippen LogP contribution in [0.1, 0.15) is 17.4 Å². The number of rotatable bonds is 1. The van der Waals surface area contributed by atoms with Gasteiger partial charge in [-0.3, -0.25) is 4.90 Å². The minimum absolute atomic E-state index is 0.179. The zero-order chi connectivity index (χ0) is 12.0. The van der Waals surface area contributed by atoms with Gasteiger partial charge in [-0.1, -0.05) is 0 Å². The molecule has 2 aliphatic rings. The number of methoxy groups -OCH3 is 1. The normalized spacial score (nSPS) is 22.4. The summed E-state index contributed by atoms with van der Waals surface area (Å²) in [7, 11) is 3.50. The van der Waals surface area contributed by atoms with Crippen LogP contribution in [0.25, 0.3) is 0 Å². The average Bonchev–Trinajstić information content (AvgIpc) is 2.81. The molecular formula is C12H15NO4. The first-order valence-corrected chi connectivity index (χ1v) is 5.60. The lowest BCUT2D eigenvalue weighted by Gasteiger charge is -2.31. The highest BCUT2D eigenvalue weighted by molar-refractivity contribution is 5.61.